The number of rotatable bonds is 2. The Labute approximate surface area is 62.0 Å². The zero-order valence-corrected chi connectivity index (χ0v) is 6.81. The fourth-order valence-electron chi connectivity index (χ4n) is 0.540. The molecule has 3 heteroatoms. The van der Waals surface area contributed by atoms with E-state index in [-0.39, 0.29) is 5.41 Å². The predicted octanol–water partition coefficient (Wildman–Crippen LogP) is 1.04. The lowest BCUT2D eigenvalue weighted by Gasteiger charge is -2.20. The molecule has 0 bridgehead atoms. The molecular formula is C7H15N3. The van der Waals surface area contributed by atoms with Gasteiger partial charge in [-0.15, -0.1) is 0 Å². The maximum atomic E-state index is 5.33. The van der Waals surface area contributed by atoms with E-state index in [2.05, 4.69) is 17.2 Å². The number of nitrogens with one attached hydrogen (secondary N) is 1. The summed E-state index contributed by atoms with van der Waals surface area (Å²) >= 11 is 0. The molecule has 0 amide bonds. The lowest BCUT2D eigenvalue weighted by Crippen LogP contribution is -2.21. The van der Waals surface area contributed by atoms with Crippen molar-refractivity contribution >= 4 is 6.72 Å². The Morgan fingerprint density at radius 1 is 1.60 bits per heavy atom. The van der Waals surface area contributed by atoms with E-state index in [1.807, 2.05) is 20.8 Å². The van der Waals surface area contributed by atoms with Gasteiger partial charge in [-0.1, -0.05) is 20.8 Å². The van der Waals surface area contributed by atoms with Gasteiger partial charge >= 0.3 is 0 Å². The third-order valence-corrected chi connectivity index (χ3v) is 1.17. The van der Waals surface area contributed by atoms with Gasteiger partial charge in [0, 0.05) is 18.3 Å². The molecule has 0 aliphatic heterocycles. The van der Waals surface area contributed by atoms with Gasteiger partial charge in [0.15, 0.2) is 0 Å². The largest absolute Gasteiger partial charge is 0.403 e. The SMILES string of the molecule is C=NN/C(=C\N)C(C)(C)C. The zero-order valence-electron chi connectivity index (χ0n) is 6.81. The molecule has 10 heavy (non-hydrogen) atoms. The minimum atomic E-state index is 0.00986. The van der Waals surface area contributed by atoms with Crippen LogP contribution in [0.1, 0.15) is 20.8 Å². The van der Waals surface area contributed by atoms with Crippen LogP contribution in [0.25, 0.3) is 0 Å². The third kappa shape index (κ3) is 2.53. The first-order valence-electron chi connectivity index (χ1n) is 3.16. The second-order valence-corrected chi connectivity index (χ2v) is 3.10. The molecule has 0 aromatic rings. The van der Waals surface area contributed by atoms with Gasteiger partial charge in [0.2, 0.25) is 0 Å². The van der Waals surface area contributed by atoms with Crippen LogP contribution in [0.15, 0.2) is 17.0 Å². The summed E-state index contributed by atoms with van der Waals surface area (Å²) in [5, 5.41) is 3.53. The van der Waals surface area contributed by atoms with Gasteiger partial charge in [-0.05, 0) is 0 Å². The van der Waals surface area contributed by atoms with E-state index >= 15 is 0 Å². The highest BCUT2D eigenvalue weighted by Gasteiger charge is 2.15. The Balaban J connectivity index is 4.23. The topological polar surface area (TPSA) is 50.4 Å². The van der Waals surface area contributed by atoms with Crippen LogP contribution in [0.3, 0.4) is 0 Å². The fourth-order valence-corrected chi connectivity index (χ4v) is 0.540. The summed E-state index contributed by atoms with van der Waals surface area (Å²) in [6.07, 6.45) is 1.51. The first-order chi connectivity index (χ1) is 4.52. The molecule has 0 fully saturated rings. The smallest absolute Gasteiger partial charge is 0.0543 e. The van der Waals surface area contributed by atoms with Crippen LogP contribution in [-0.4, -0.2) is 6.72 Å². The van der Waals surface area contributed by atoms with Crippen LogP contribution >= 0.6 is 0 Å². The van der Waals surface area contributed by atoms with Crippen molar-refractivity contribution in [3.8, 4) is 0 Å². The van der Waals surface area contributed by atoms with E-state index in [4.69, 9.17) is 5.73 Å². The number of nitrogens with zero attached hydrogens (tertiary/aromatic N) is 1. The molecule has 0 rings (SSSR count). The molecule has 0 aromatic carbocycles. The average molecular weight is 141 g/mol. The Morgan fingerprint density at radius 2 is 2.10 bits per heavy atom. The van der Waals surface area contributed by atoms with Crippen molar-refractivity contribution in [1.29, 1.82) is 0 Å². The quantitative estimate of drug-likeness (QED) is 0.446. The Morgan fingerprint density at radius 3 is 2.20 bits per heavy atom. The van der Waals surface area contributed by atoms with Gasteiger partial charge in [0.05, 0.1) is 5.70 Å². The monoisotopic (exact) mass is 141 g/mol. The molecule has 0 heterocycles. The van der Waals surface area contributed by atoms with Gasteiger partial charge in [-0.3, -0.25) is 5.43 Å². The minimum absolute atomic E-state index is 0.00986. The van der Waals surface area contributed by atoms with Crippen molar-refractivity contribution < 1.29 is 0 Å². The number of allylic oxidation sites excluding steroid dienone is 1. The van der Waals surface area contributed by atoms with Gasteiger partial charge in [0.1, 0.15) is 0 Å². The molecule has 0 spiro atoms. The van der Waals surface area contributed by atoms with Crippen molar-refractivity contribution in [3.05, 3.63) is 11.9 Å². The molecule has 0 atom stereocenters. The summed E-state index contributed by atoms with van der Waals surface area (Å²) in [4.78, 5) is 0. The Hall–Kier alpha value is -0.990. The molecule has 0 aromatic heterocycles. The first kappa shape index (κ1) is 9.01. The van der Waals surface area contributed by atoms with E-state index < -0.39 is 0 Å². The van der Waals surface area contributed by atoms with Gasteiger partial charge < -0.3 is 5.73 Å². The summed E-state index contributed by atoms with van der Waals surface area (Å²) in [7, 11) is 0. The van der Waals surface area contributed by atoms with Crippen LogP contribution in [0, 0.1) is 5.41 Å². The standard InChI is InChI=1S/C7H15N3/c1-7(2,3)6(5-8)10-9-4/h5,10H,4,8H2,1-3H3/b6-5-. The lowest BCUT2D eigenvalue weighted by molar-refractivity contribution is 0.464. The number of nitrogens with two attached hydrogens (primary N) is 1. The van der Waals surface area contributed by atoms with Crippen molar-refractivity contribution in [1.82, 2.24) is 5.43 Å². The molecule has 3 N–H and O–H groups in total. The highest BCUT2D eigenvalue weighted by atomic mass is 15.3. The molecule has 0 aliphatic carbocycles. The zero-order chi connectivity index (χ0) is 8.20. The summed E-state index contributed by atoms with van der Waals surface area (Å²) in [5.74, 6) is 0. The summed E-state index contributed by atoms with van der Waals surface area (Å²) in [6.45, 7) is 9.44. The molecule has 0 aliphatic rings. The van der Waals surface area contributed by atoms with Gasteiger partial charge in [-0.2, -0.15) is 5.10 Å². The van der Waals surface area contributed by atoms with Gasteiger partial charge in [-0.25, -0.2) is 0 Å². The van der Waals surface area contributed by atoms with E-state index in [1.54, 1.807) is 0 Å². The second-order valence-electron chi connectivity index (χ2n) is 3.10. The molecule has 0 saturated carbocycles. The highest BCUT2D eigenvalue weighted by Crippen LogP contribution is 2.21. The number of hydrogen-bond acceptors (Lipinski definition) is 3. The van der Waals surface area contributed by atoms with Crippen molar-refractivity contribution in [2.45, 2.75) is 20.8 Å². The highest BCUT2D eigenvalue weighted by molar-refractivity contribution is 5.23. The number of hydrogen-bond donors (Lipinski definition) is 2. The van der Waals surface area contributed by atoms with Crippen LogP contribution in [0.5, 0.6) is 0 Å². The minimum Gasteiger partial charge on any atom is -0.403 e. The summed E-state index contributed by atoms with van der Waals surface area (Å²) < 4.78 is 0. The third-order valence-electron chi connectivity index (χ3n) is 1.17. The molecule has 0 saturated heterocycles. The van der Waals surface area contributed by atoms with Crippen LogP contribution in [0.2, 0.25) is 0 Å². The van der Waals surface area contributed by atoms with Crippen molar-refractivity contribution in [3.63, 3.8) is 0 Å². The summed E-state index contributed by atoms with van der Waals surface area (Å²) in [6, 6.07) is 0. The first-order valence-corrected chi connectivity index (χ1v) is 3.16. The van der Waals surface area contributed by atoms with Gasteiger partial charge in [0.25, 0.3) is 0 Å². The van der Waals surface area contributed by atoms with Crippen LogP contribution < -0.4 is 11.2 Å². The fraction of sp³-hybridized carbons (Fsp3) is 0.571. The molecule has 0 unspecified atom stereocenters. The Bertz CT molecular complexity index is 141. The maximum Gasteiger partial charge on any atom is 0.0543 e. The maximum absolute atomic E-state index is 5.33. The van der Waals surface area contributed by atoms with E-state index in [1.165, 1.54) is 6.20 Å². The Kier molecular flexibility index (Phi) is 2.93. The van der Waals surface area contributed by atoms with Crippen molar-refractivity contribution in [2.24, 2.45) is 16.3 Å². The van der Waals surface area contributed by atoms with Crippen LogP contribution in [0.4, 0.5) is 0 Å². The summed E-state index contributed by atoms with van der Waals surface area (Å²) in [5.41, 5.74) is 8.94. The second kappa shape index (κ2) is 3.25. The molecular weight excluding hydrogens is 126 g/mol. The average Bonchev–Trinajstić information content (AvgIpc) is 1.80. The normalized spacial score (nSPS) is 12.9. The van der Waals surface area contributed by atoms with E-state index in [0.29, 0.717) is 0 Å². The number of hydrazone groups is 1. The molecule has 0 radical (unpaired) electrons. The van der Waals surface area contributed by atoms with Crippen molar-refractivity contribution in [2.75, 3.05) is 0 Å². The lowest BCUT2D eigenvalue weighted by atomic mass is 9.93. The van der Waals surface area contributed by atoms with Crippen LogP contribution in [-0.2, 0) is 0 Å². The molecule has 58 valence electrons. The predicted molar refractivity (Wildman–Crippen MR) is 44.4 cm³/mol. The van der Waals surface area contributed by atoms with E-state index in [0.717, 1.165) is 5.70 Å². The molecule has 3 nitrogen and oxygen atoms in total. The van der Waals surface area contributed by atoms with E-state index in [9.17, 15) is 0 Å².